The number of nitriles is 1. The van der Waals surface area contributed by atoms with Crippen molar-refractivity contribution in [3.8, 4) is 17.3 Å². The fourth-order valence-corrected chi connectivity index (χ4v) is 2.02. The van der Waals surface area contributed by atoms with Crippen molar-refractivity contribution < 1.29 is 14.3 Å². The van der Waals surface area contributed by atoms with Gasteiger partial charge in [0.05, 0.1) is 24.1 Å². The number of nitrogens with zero attached hydrogens (tertiary/aromatic N) is 2. The van der Waals surface area contributed by atoms with Crippen molar-refractivity contribution in [3.05, 3.63) is 41.5 Å². The quantitative estimate of drug-likeness (QED) is 0.836. The van der Waals surface area contributed by atoms with E-state index < -0.39 is 5.97 Å². The van der Waals surface area contributed by atoms with Gasteiger partial charge >= 0.3 is 5.97 Å². The van der Waals surface area contributed by atoms with Gasteiger partial charge in [0.2, 0.25) is 5.91 Å². The molecule has 0 aliphatic rings. The van der Waals surface area contributed by atoms with E-state index >= 15 is 0 Å². The van der Waals surface area contributed by atoms with E-state index in [2.05, 4.69) is 15.0 Å². The number of nitrogens with two attached hydrogens (primary N) is 1. The number of nitrogens with one attached hydrogen (secondary N) is 1. The van der Waals surface area contributed by atoms with E-state index in [1.807, 2.05) is 6.07 Å². The Labute approximate surface area is 132 Å². The zero-order chi connectivity index (χ0) is 17.0. The second-order valence-corrected chi connectivity index (χ2v) is 4.68. The first kappa shape index (κ1) is 16.0. The summed E-state index contributed by atoms with van der Waals surface area (Å²) in [5, 5.41) is 11.8. The number of benzene rings is 1. The van der Waals surface area contributed by atoms with Gasteiger partial charge in [0.25, 0.3) is 0 Å². The highest BCUT2D eigenvalue weighted by molar-refractivity contribution is 5.91. The third-order valence-electron chi connectivity index (χ3n) is 3.05. The van der Waals surface area contributed by atoms with Crippen LogP contribution in [0.5, 0.6) is 0 Å². The SMILES string of the molecule is COC(=O)c1ccc(-c2nc(NC(C)=O)cc(N)c2C#N)cc1. The van der Waals surface area contributed by atoms with Crippen molar-refractivity contribution in [3.63, 3.8) is 0 Å². The summed E-state index contributed by atoms with van der Waals surface area (Å²) in [4.78, 5) is 26.9. The maximum absolute atomic E-state index is 11.5. The molecule has 0 saturated carbocycles. The van der Waals surface area contributed by atoms with Gasteiger partial charge < -0.3 is 15.8 Å². The molecule has 1 heterocycles. The molecule has 0 radical (unpaired) electrons. The van der Waals surface area contributed by atoms with Crippen molar-refractivity contribution in [1.82, 2.24) is 4.98 Å². The Morgan fingerprint density at radius 3 is 2.48 bits per heavy atom. The predicted octanol–water partition coefficient (Wildman–Crippen LogP) is 1.95. The number of hydrogen-bond donors (Lipinski definition) is 2. The summed E-state index contributed by atoms with van der Waals surface area (Å²) in [5.41, 5.74) is 7.56. The standard InChI is InChI=1S/C16H14N4O3/c1-9(21)19-14-7-13(18)12(8-17)15(20-14)10-3-5-11(6-4-10)16(22)23-2/h3-7H,1-2H3,(H3,18,19,20,21). The number of hydrogen-bond acceptors (Lipinski definition) is 6. The van der Waals surface area contributed by atoms with Crippen LogP contribution in [0.2, 0.25) is 0 Å². The number of rotatable bonds is 3. The molecule has 1 aromatic carbocycles. The van der Waals surface area contributed by atoms with Crippen LogP contribution in [0.15, 0.2) is 30.3 Å². The van der Waals surface area contributed by atoms with Gasteiger partial charge in [0.15, 0.2) is 0 Å². The molecule has 2 rings (SSSR count). The predicted molar refractivity (Wildman–Crippen MR) is 84.4 cm³/mol. The number of nitrogen functional groups attached to an aromatic ring is 1. The Kier molecular flexibility index (Phi) is 4.57. The maximum atomic E-state index is 11.5. The van der Waals surface area contributed by atoms with Crippen LogP contribution >= 0.6 is 0 Å². The number of carbonyl (C=O) groups excluding carboxylic acids is 2. The summed E-state index contributed by atoms with van der Waals surface area (Å²) in [6.45, 7) is 1.35. The molecule has 116 valence electrons. The third kappa shape index (κ3) is 3.44. The fourth-order valence-electron chi connectivity index (χ4n) is 2.02. The zero-order valence-corrected chi connectivity index (χ0v) is 12.6. The highest BCUT2D eigenvalue weighted by Gasteiger charge is 2.14. The van der Waals surface area contributed by atoms with Crippen LogP contribution in [0, 0.1) is 11.3 Å². The molecule has 0 bridgehead atoms. The van der Waals surface area contributed by atoms with Crippen LogP contribution in [0.25, 0.3) is 11.3 Å². The normalized spacial score (nSPS) is 9.78. The van der Waals surface area contributed by atoms with Crippen LogP contribution in [-0.2, 0) is 9.53 Å². The van der Waals surface area contributed by atoms with Crippen molar-refractivity contribution in [2.45, 2.75) is 6.92 Å². The lowest BCUT2D eigenvalue weighted by Gasteiger charge is -2.10. The molecule has 0 fully saturated rings. The van der Waals surface area contributed by atoms with E-state index in [1.54, 1.807) is 24.3 Å². The van der Waals surface area contributed by atoms with Gasteiger partial charge in [-0.1, -0.05) is 12.1 Å². The molecule has 0 aliphatic carbocycles. The summed E-state index contributed by atoms with van der Waals surface area (Å²) in [6.07, 6.45) is 0. The summed E-state index contributed by atoms with van der Waals surface area (Å²) in [6, 6.07) is 9.81. The first-order valence-corrected chi connectivity index (χ1v) is 6.63. The van der Waals surface area contributed by atoms with E-state index in [0.29, 0.717) is 16.8 Å². The number of aromatic nitrogens is 1. The molecule has 7 nitrogen and oxygen atoms in total. The largest absolute Gasteiger partial charge is 0.465 e. The molecule has 2 aromatic rings. The number of pyridine rings is 1. The molecule has 0 aliphatic heterocycles. The molecule has 0 saturated heterocycles. The average Bonchev–Trinajstić information content (AvgIpc) is 2.53. The van der Waals surface area contributed by atoms with E-state index in [4.69, 9.17) is 5.73 Å². The van der Waals surface area contributed by atoms with Crippen molar-refractivity contribution >= 4 is 23.4 Å². The second kappa shape index (κ2) is 6.58. The molecule has 3 N–H and O–H groups in total. The minimum absolute atomic E-state index is 0.199. The van der Waals surface area contributed by atoms with Crippen molar-refractivity contribution in [1.29, 1.82) is 5.26 Å². The molecule has 0 unspecified atom stereocenters. The smallest absolute Gasteiger partial charge is 0.337 e. The first-order valence-electron chi connectivity index (χ1n) is 6.63. The van der Waals surface area contributed by atoms with E-state index in [0.717, 1.165) is 0 Å². The number of methoxy groups -OCH3 is 1. The molecular weight excluding hydrogens is 296 g/mol. The summed E-state index contributed by atoms with van der Waals surface area (Å²) < 4.78 is 4.63. The van der Waals surface area contributed by atoms with Crippen LogP contribution in [0.1, 0.15) is 22.8 Å². The Hall–Kier alpha value is -3.40. The minimum atomic E-state index is -0.462. The minimum Gasteiger partial charge on any atom is -0.465 e. The molecule has 0 atom stereocenters. The molecular formula is C16H14N4O3. The van der Waals surface area contributed by atoms with Crippen molar-refractivity contribution in [2.24, 2.45) is 0 Å². The van der Waals surface area contributed by atoms with E-state index in [-0.39, 0.29) is 23.0 Å². The first-order chi connectivity index (χ1) is 11.0. The molecule has 7 heteroatoms. The lowest BCUT2D eigenvalue weighted by Crippen LogP contribution is -2.09. The number of ether oxygens (including phenoxy) is 1. The Bertz CT molecular complexity index is 807. The van der Waals surface area contributed by atoms with Gasteiger partial charge in [-0.25, -0.2) is 9.78 Å². The van der Waals surface area contributed by atoms with E-state index in [1.165, 1.54) is 20.1 Å². The Morgan fingerprint density at radius 2 is 1.96 bits per heavy atom. The Balaban J connectivity index is 2.52. The third-order valence-corrected chi connectivity index (χ3v) is 3.05. The summed E-state index contributed by atoms with van der Waals surface area (Å²) in [5.74, 6) is -0.508. The molecule has 0 spiro atoms. The number of esters is 1. The van der Waals surface area contributed by atoms with Crippen LogP contribution < -0.4 is 11.1 Å². The fraction of sp³-hybridized carbons (Fsp3) is 0.125. The van der Waals surface area contributed by atoms with Gasteiger partial charge in [-0.2, -0.15) is 5.26 Å². The number of amides is 1. The summed E-state index contributed by atoms with van der Waals surface area (Å²) >= 11 is 0. The van der Waals surface area contributed by atoms with Gasteiger partial charge in [0, 0.05) is 18.6 Å². The van der Waals surface area contributed by atoms with Gasteiger partial charge in [0.1, 0.15) is 17.5 Å². The van der Waals surface area contributed by atoms with E-state index in [9.17, 15) is 14.9 Å². The highest BCUT2D eigenvalue weighted by Crippen LogP contribution is 2.28. The Morgan fingerprint density at radius 1 is 1.30 bits per heavy atom. The molecule has 1 amide bonds. The van der Waals surface area contributed by atoms with Crippen LogP contribution in [0.4, 0.5) is 11.5 Å². The van der Waals surface area contributed by atoms with Gasteiger partial charge in [-0.3, -0.25) is 4.79 Å². The average molecular weight is 310 g/mol. The number of anilines is 2. The topological polar surface area (TPSA) is 118 Å². The maximum Gasteiger partial charge on any atom is 0.337 e. The van der Waals surface area contributed by atoms with Crippen LogP contribution in [0.3, 0.4) is 0 Å². The summed E-state index contributed by atoms with van der Waals surface area (Å²) in [7, 11) is 1.29. The number of carbonyl (C=O) groups is 2. The van der Waals surface area contributed by atoms with Crippen LogP contribution in [-0.4, -0.2) is 24.0 Å². The molecule has 23 heavy (non-hydrogen) atoms. The van der Waals surface area contributed by atoms with Gasteiger partial charge in [-0.15, -0.1) is 0 Å². The lowest BCUT2D eigenvalue weighted by molar-refractivity contribution is -0.114. The lowest BCUT2D eigenvalue weighted by atomic mass is 10.0. The van der Waals surface area contributed by atoms with Crippen molar-refractivity contribution in [2.75, 3.05) is 18.2 Å². The zero-order valence-electron chi connectivity index (χ0n) is 12.6. The van der Waals surface area contributed by atoms with Gasteiger partial charge in [-0.05, 0) is 12.1 Å². The highest BCUT2D eigenvalue weighted by atomic mass is 16.5. The second-order valence-electron chi connectivity index (χ2n) is 4.68. The molecule has 1 aromatic heterocycles. The monoisotopic (exact) mass is 310 g/mol.